The van der Waals surface area contributed by atoms with Gasteiger partial charge in [-0.1, -0.05) is 12.1 Å². The Hall–Kier alpha value is -3.36. The highest BCUT2D eigenvalue weighted by Gasteiger charge is 2.28. The van der Waals surface area contributed by atoms with Gasteiger partial charge in [-0.2, -0.15) is 13.2 Å². The molecular formula is C21H20F3N3O3. The molecule has 0 fully saturated rings. The van der Waals surface area contributed by atoms with Crippen molar-refractivity contribution < 1.29 is 22.6 Å². The summed E-state index contributed by atoms with van der Waals surface area (Å²) in [5.41, 5.74) is 1.17. The maximum absolute atomic E-state index is 12.7. The number of ether oxygens (including phenoxy) is 2. The van der Waals surface area contributed by atoms with Crippen LogP contribution in [-0.4, -0.2) is 27.3 Å². The molecule has 158 valence electrons. The molecule has 0 amide bonds. The van der Waals surface area contributed by atoms with Crippen LogP contribution in [0.15, 0.2) is 59.7 Å². The Bertz CT molecular complexity index is 1040. The van der Waals surface area contributed by atoms with E-state index in [-0.39, 0.29) is 24.0 Å². The van der Waals surface area contributed by atoms with Gasteiger partial charge in [0.05, 0.1) is 6.04 Å². The summed E-state index contributed by atoms with van der Waals surface area (Å²) in [6, 6.07) is 10.7. The summed E-state index contributed by atoms with van der Waals surface area (Å²) < 4.78 is 48.7. The fourth-order valence-electron chi connectivity index (χ4n) is 2.97. The molecule has 0 aliphatic heterocycles. The van der Waals surface area contributed by atoms with E-state index >= 15 is 0 Å². The van der Waals surface area contributed by atoms with Crippen molar-refractivity contribution in [3.05, 3.63) is 82.3 Å². The Morgan fingerprint density at radius 2 is 1.70 bits per heavy atom. The maximum Gasteiger partial charge on any atom is 0.422 e. The molecule has 9 heteroatoms. The molecule has 0 bridgehead atoms. The van der Waals surface area contributed by atoms with Gasteiger partial charge in [-0.15, -0.1) is 0 Å². The van der Waals surface area contributed by atoms with E-state index in [0.717, 1.165) is 5.56 Å². The monoisotopic (exact) mass is 419 g/mol. The third kappa shape index (κ3) is 5.59. The average molecular weight is 419 g/mol. The minimum Gasteiger partial charge on any atom is -0.485 e. The van der Waals surface area contributed by atoms with Crippen LogP contribution in [0.4, 0.5) is 13.2 Å². The number of nitrogens with zero attached hydrogens (tertiary/aromatic N) is 3. The molecule has 0 aliphatic rings. The van der Waals surface area contributed by atoms with Gasteiger partial charge in [0.2, 0.25) is 0 Å². The Morgan fingerprint density at radius 1 is 1.03 bits per heavy atom. The molecule has 2 heterocycles. The predicted molar refractivity (Wildman–Crippen MR) is 104 cm³/mol. The van der Waals surface area contributed by atoms with Gasteiger partial charge in [0.25, 0.3) is 5.56 Å². The molecule has 6 nitrogen and oxygen atoms in total. The van der Waals surface area contributed by atoms with E-state index in [0.29, 0.717) is 17.3 Å². The van der Waals surface area contributed by atoms with Crippen LogP contribution in [-0.2, 0) is 6.61 Å². The molecule has 3 aromatic rings. The van der Waals surface area contributed by atoms with Crippen LogP contribution in [0.3, 0.4) is 0 Å². The Kier molecular flexibility index (Phi) is 6.39. The van der Waals surface area contributed by atoms with Gasteiger partial charge in [-0.3, -0.25) is 4.79 Å². The van der Waals surface area contributed by atoms with Crippen molar-refractivity contribution in [2.24, 2.45) is 0 Å². The van der Waals surface area contributed by atoms with Crippen molar-refractivity contribution in [2.75, 3.05) is 6.61 Å². The third-order valence-electron chi connectivity index (χ3n) is 4.37. The summed E-state index contributed by atoms with van der Waals surface area (Å²) in [5, 5.41) is 0. The van der Waals surface area contributed by atoms with Crippen LogP contribution in [0.1, 0.15) is 30.0 Å². The van der Waals surface area contributed by atoms with Crippen LogP contribution in [0.25, 0.3) is 0 Å². The van der Waals surface area contributed by atoms with Gasteiger partial charge in [0, 0.05) is 24.2 Å². The zero-order chi connectivity index (χ0) is 21.7. The van der Waals surface area contributed by atoms with E-state index in [4.69, 9.17) is 9.47 Å². The second-order valence-electron chi connectivity index (χ2n) is 6.64. The molecule has 0 saturated heterocycles. The Morgan fingerprint density at radius 3 is 2.30 bits per heavy atom. The van der Waals surface area contributed by atoms with Crippen molar-refractivity contribution in [1.82, 2.24) is 14.5 Å². The molecule has 0 saturated carbocycles. The van der Waals surface area contributed by atoms with Gasteiger partial charge in [0.15, 0.2) is 12.4 Å². The number of pyridine rings is 1. The van der Waals surface area contributed by atoms with Crippen molar-refractivity contribution in [1.29, 1.82) is 0 Å². The van der Waals surface area contributed by atoms with Crippen molar-refractivity contribution >= 4 is 0 Å². The van der Waals surface area contributed by atoms with E-state index in [2.05, 4.69) is 9.97 Å². The lowest BCUT2D eigenvalue weighted by atomic mass is 10.1. The van der Waals surface area contributed by atoms with Crippen LogP contribution in [0.5, 0.6) is 11.5 Å². The highest BCUT2D eigenvalue weighted by molar-refractivity contribution is 5.31. The van der Waals surface area contributed by atoms with Crippen molar-refractivity contribution in [2.45, 2.75) is 32.7 Å². The Balaban J connectivity index is 1.72. The number of alkyl halides is 3. The molecule has 1 atom stereocenters. The minimum absolute atomic E-state index is 0.110. The minimum atomic E-state index is -4.40. The zero-order valence-corrected chi connectivity index (χ0v) is 16.4. The first kappa shape index (κ1) is 21.4. The molecule has 0 radical (unpaired) electrons. The number of benzene rings is 1. The first-order valence-corrected chi connectivity index (χ1v) is 9.14. The van der Waals surface area contributed by atoms with Crippen LogP contribution in [0, 0.1) is 6.92 Å². The fourth-order valence-corrected chi connectivity index (χ4v) is 2.97. The van der Waals surface area contributed by atoms with Crippen LogP contribution in [0.2, 0.25) is 0 Å². The number of aryl methyl sites for hydroxylation is 1. The number of rotatable bonds is 7. The molecule has 0 aliphatic carbocycles. The molecule has 3 rings (SSSR count). The fraction of sp³-hybridized carbons (Fsp3) is 0.286. The first-order valence-electron chi connectivity index (χ1n) is 9.14. The van der Waals surface area contributed by atoms with Gasteiger partial charge in [-0.05, 0) is 43.7 Å². The van der Waals surface area contributed by atoms with E-state index < -0.39 is 12.8 Å². The molecule has 1 aromatic carbocycles. The zero-order valence-electron chi connectivity index (χ0n) is 16.4. The number of hydrogen-bond acceptors (Lipinski definition) is 5. The highest BCUT2D eigenvalue weighted by atomic mass is 19.4. The van der Waals surface area contributed by atoms with Gasteiger partial charge in [-0.25, -0.2) is 9.97 Å². The van der Waals surface area contributed by atoms with E-state index in [1.807, 2.05) is 6.92 Å². The van der Waals surface area contributed by atoms with Gasteiger partial charge < -0.3 is 14.0 Å². The van der Waals surface area contributed by atoms with Crippen LogP contribution >= 0.6 is 0 Å². The normalized spacial score (nSPS) is 12.4. The predicted octanol–water partition coefficient (Wildman–Crippen LogP) is 4.08. The second-order valence-corrected chi connectivity index (χ2v) is 6.64. The molecular weight excluding hydrogens is 399 g/mol. The summed E-state index contributed by atoms with van der Waals surface area (Å²) in [6.07, 6.45) is -1.18. The lowest BCUT2D eigenvalue weighted by Gasteiger charge is -2.20. The molecule has 0 N–H and O–H groups in total. The summed E-state index contributed by atoms with van der Waals surface area (Å²) in [5.74, 6) is 1.02. The third-order valence-corrected chi connectivity index (χ3v) is 4.37. The highest BCUT2D eigenvalue weighted by Crippen LogP contribution is 2.24. The van der Waals surface area contributed by atoms with Crippen LogP contribution < -0.4 is 15.0 Å². The number of hydrogen-bond donors (Lipinski definition) is 0. The summed E-state index contributed by atoms with van der Waals surface area (Å²) in [4.78, 5) is 20.8. The lowest BCUT2D eigenvalue weighted by molar-refractivity contribution is -0.153. The SMILES string of the molecule is Cc1cc(OCc2ncccn2)cc(=O)n1C(C)c1ccc(OCC(F)(F)F)cc1. The van der Waals surface area contributed by atoms with Crippen molar-refractivity contribution in [3.8, 4) is 11.5 Å². The van der Waals surface area contributed by atoms with Gasteiger partial charge >= 0.3 is 6.18 Å². The molecule has 30 heavy (non-hydrogen) atoms. The van der Waals surface area contributed by atoms with E-state index in [1.54, 1.807) is 48.1 Å². The quantitative estimate of drug-likeness (QED) is 0.578. The first-order chi connectivity index (χ1) is 14.2. The van der Waals surface area contributed by atoms with E-state index in [1.165, 1.54) is 18.2 Å². The Labute approximate surface area is 170 Å². The van der Waals surface area contributed by atoms with E-state index in [9.17, 15) is 18.0 Å². The lowest BCUT2D eigenvalue weighted by Crippen LogP contribution is -2.25. The average Bonchev–Trinajstić information content (AvgIpc) is 2.71. The summed E-state index contributed by atoms with van der Waals surface area (Å²) in [7, 11) is 0. The largest absolute Gasteiger partial charge is 0.485 e. The molecule has 1 unspecified atom stereocenters. The molecule has 0 spiro atoms. The summed E-state index contributed by atoms with van der Waals surface area (Å²) in [6.45, 7) is 2.40. The number of halogens is 3. The summed E-state index contributed by atoms with van der Waals surface area (Å²) >= 11 is 0. The second kappa shape index (κ2) is 8.98. The van der Waals surface area contributed by atoms with Crippen molar-refractivity contribution in [3.63, 3.8) is 0 Å². The standard InChI is InChI=1S/C21H20F3N3O3/c1-14-10-18(29-12-19-25-8-3-9-26-19)11-20(28)27(14)15(2)16-4-6-17(7-5-16)30-13-21(22,23)24/h3-11,15H,12-13H2,1-2H3. The van der Waals surface area contributed by atoms with Gasteiger partial charge in [0.1, 0.15) is 18.1 Å². The maximum atomic E-state index is 12.7. The number of aromatic nitrogens is 3. The topological polar surface area (TPSA) is 66.2 Å². The smallest absolute Gasteiger partial charge is 0.422 e. The molecule has 2 aromatic heterocycles.